The zero-order valence-electron chi connectivity index (χ0n) is 31.7. The SMILES string of the molecule is CC(C)(C)c1[c-]c2c(cc1)-c1ccc(C(C)(C)C)cc1C2.Cc1cc(C(C)(C)C)c[cH-]1.Cc1ccc([C](=[Zr+2])c2ccc(C)cc2)cc1.[Cl-].[Cl-]. The molecule has 258 valence electrons. The van der Waals surface area contributed by atoms with Crippen LogP contribution in [0.1, 0.15) is 118 Å². The van der Waals surface area contributed by atoms with Crippen LogP contribution in [0, 0.1) is 26.8 Å². The zero-order chi connectivity index (χ0) is 34.7. The average Bonchev–Trinajstić information content (AvgIpc) is 3.60. The van der Waals surface area contributed by atoms with Gasteiger partial charge in [-0.05, 0) is 28.4 Å². The number of hydrogen-bond donors (Lipinski definition) is 0. The molecule has 0 spiro atoms. The maximum atomic E-state index is 3.67. The number of halogens is 2. The molecule has 0 bridgehead atoms. The Morgan fingerprint density at radius 2 is 1.08 bits per heavy atom. The number of benzene rings is 4. The molecule has 5 aromatic rings. The summed E-state index contributed by atoms with van der Waals surface area (Å²) in [5.74, 6) is 0. The second-order valence-corrected chi connectivity index (χ2v) is 17.6. The molecule has 0 N–H and O–H groups in total. The molecule has 3 heteroatoms. The van der Waals surface area contributed by atoms with E-state index in [-0.39, 0.29) is 35.6 Å². The Morgan fingerprint density at radius 1 is 0.592 bits per heavy atom. The molecular weight excluding hydrogens is 715 g/mol. The minimum Gasteiger partial charge on any atom is -1.00 e. The van der Waals surface area contributed by atoms with Crippen molar-refractivity contribution in [1.29, 1.82) is 0 Å². The van der Waals surface area contributed by atoms with Gasteiger partial charge in [0.2, 0.25) is 0 Å². The van der Waals surface area contributed by atoms with Gasteiger partial charge in [0.1, 0.15) is 0 Å². The van der Waals surface area contributed by atoms with E-state index in [0.717, 1.165) is 6.42 Å². The largest absolute Gasteiger partial charge is 1.00 e. The van der Waals surface area contributed by atoms with Gasteiger partial charge < -0.3 is 24.8 Å². The summed E-state index contributed by atoms with van der Waals surface area (Å²) in [5, 5.41) is 0. The Labute approximate surface area is 325 Å². The van der Waals surface area contributed by atoms with Crippen molar-refractivity contribution in [1.82, 2.24) is 0 Å². The third-order valence-corrected chi connectivity index (χ3v) is 10.3. The van der Waals surface area contributed by atoms with Crippen LogP contribution in [0.15, 0.2) is 97.1 Å². The summed E-state index contributed by atoms with van der Waals surface area (Å²) in [5.41, 5.74) is 17.1. The summed E-state index contributed by atoms with van der Waals surface area (Å²) in [6, 6.07) is 39.3. The van der Waals surface area contributed by atoms with Crippen molar-refractivity contribution < 1.29 is 49.0 Å². The molecule has 0 aliphatic heterocycles. The van der Waals surface area contributed by atoms with E-state index in [1.807, 2.05) is 0 Å². The first-order valence-electron chi connectivity index (χ1n) is 17.0. The van der Waals surface area contributed by atoms with Gasteiger partial charge in [-0.1, -0.05) is 98.4 Å². The monoisotopic (exact) mass is 766 g/mol. The molecule has 1 aliphatic rings. The average molecular weight is 769 g/mol. The van der Waals surface area contributed by atoms with Gasteiger partial charge >= 0.3 is 112 Å². The molecule has 0 fully saturated rings. The topological polar surface area (TPSA) is 0 Å². The molecule has 6 rings (SSSR count). The predicted molar refractivity (Wildman–Crippen MR) is 202 cm³/mol. The first-order chi connectivity index (χ1) is 21.8. The van der Waals surface area contributed by atoms with Gasteiger partial charge in [-0.15, -0.1) is 11.1 Å². The Kier molecular flexibility index (Phi) is 15.0. The van der Waals surface area contributed by atoms with Crippen LogP contribution in [0.2, 0.25) is 0 Å². The minimum atomic E-state index is 0. The Balaban J connectivity index is 0.000000265. The quantitative estimate of drug-likeness (QED) is 0.187. The first-order valence-corrected chi connectivity index (χ1v) is 18.2. The summed E-state index contributed by atoms with van der Waals surface area (Å²) in [7, 11) is 0. The molecule has 0 aromatic heterocycles. The molecule has 49 heavy (non-hydrogen) atoms. The number of aryl methyl sites for hydroxylation is 3. The normalized spacial score (nSPS) is 11.8. The van der Waals surface area contributed by atoms with E-state index in [1.165, 1.54) is 94.2 Å². The van der Waals surface area contributed by atoms with Crippen LogP contribution in [0.25, 0.3) is 11.1 Å². The maximum absolute atomic E-state index is 3.67. The molecule has 1 aliphatic carbocycles. The molecule has 0 atom stereocenters. The molecule has 0 saturated heterocycles. The van der Waals surface area contributed by atoms with E-state index in [9.17, 15) is 0 Å². The molecular formula is C46H54Cl2Zr-2. The van der Waals surface area contributed by atoms with E-state index < -0.39 is 0 Å². The molecule has 0 radical (unpaired) electrons. The van der Waals surface area contributed by atoms with Gasteiger partial charge in [-0.3, -0.25) is 0 Å². The van der Waals surface area contributed by atoms with Crippen molar-refractivity contribution in [3.05, 3.63) is 159 Å². The van der Waals surface area contributed by atoms with Crippen LogP contribution < -0.4 is 24.8 Å². The number of hydrogen-bond acceptors (Lipinski definition) is 0. The second-order valence-electron chi connectivity index (χ2n) is 16.3. The number of fused-ring (bicyclic) bond motifs is 3. The molecule has 5 aromatic carbocycles. The molecule has 0 unspecified atom stereocenters. The van der Waals surface area contributed by atoms with Crippen LogP contribution >= 0.6 is 0 Å². The van der Waals surface area contributed by atoms with Crippen LogP contribution in [0.3, 0.4) is 0 Å². The molecule has 0 heterocycles. The van der Waals surface area contributed by atoms with Gasteiger partial charge in [0, 0.05) is 0 Å². The fourth-order valence-corrected chi connectivity index (χ4v) is 6.48. The maximum Gasteiger partial charge on any atom is -1.00 e. The van der Waals surface area contributed by atoms with Crippen molar-refractivity contribution in [2.75, 3.05) is 0 Å². The zero-order valence-corrected chi connectivity index (χ0v) is 35.7. The minimum absolute atomic E-state index is 0. The fraction of sp³-hybridized carbons (Fsp3) is 0.348. The fourth-order valence-electron chi connectivity index (χ4n) is 5.66. The van der Waals surface area contributed by atoms with Crippen molar-refractivity contribution in [2.24, 2.45) is 0 Å². The third-order valence-electron chi connectivity index (χ3n) is 8.92. The van der Waals surface area contributed by atoms with Gasteiger partial charge in [0.05, 0.1) is 0 Å². The molecule has 0 amide bonds. The van der Waals surface area contributed by atoms with Crippen LogP contribution in [-0.4, -0.2) is 3.21 Å². The summed E-state index contributed by atoms with van der Waals surface area (Å²) < 4.78 is 1.42. The van der Waals surface area contributed by atoms with Gasteiger partial charge in [0.25, 0.3) is 0 Å². The van der Waals surface area contributed by atoms with E-state index >= 15 is 0 Å². The predicted octanol–water partition coefficient (Wildman–Crippen LogP) is 6.09. The first kappa shape index (κ1) is 42.7. The van der Waals surface area contributed by atoms with Gasteiger partial charge in [-0.25, -0.2) is 6.07 Å². The molecule has 0 nitrogen and oxygen atoms in total. The van der Waals surface area contributed by atoms with E-state index in [4.69, 9.17) is 0 Å². The van der Waals surface area contributed by atoms with Gasteiger partial charge in [0.15, 0.2) is 0 Å². The van der Waals surface area contributed by atoms with E-state index in [1.54, 1.807) is 0 Å². The van der Waals surface area contributed by atoms with E-state index in [2.05, 4.69) is 186 Å². The van der Waals surface area contributed by atoms with Crippen molar-refractivity contribution >= 4 is 3.21 Å². The van der Waals surface area contributed by atoms with Crippen molar-refractivity contribution in [2.45, 2.75) is 106 Å². The summed E-state index contributed by atoms with van der Waals surface area (Å²) in [6.07, 6.45) is 1.03. The second kappa shape index (κ2) is 17.2. The standard InChI is InChI=1S/C21H25.C15H14.C10H15.2ClH.Zr/c1-20(2,3)16-7-9-18-14(12-16)11-15-13-17(21(4,5)6)8-10-19(15)18;1-12-3-7-14(8-4-12)11-15-9-5-13(2)6-10-15;1-8-5-6-9(7-8)10(2,3)4;;;/h7-10,12H,11H2,1-6H3;3-10H,1-2H3;5-7H,1-4H3;2*1H;/q-1;;-1;;;+2/p-2. The van der Waals surface area contributed by atoms with Gasteiger partial charge in [-0.2, -0.15) is 47.0 Å². The third kappa shape index (κ3) is 11.5. The Morgan fingerprint density at radius 3 is 1.49 bits per heavy atom. The van der Waals surface area contributed by atoms with Crippen LogP contribution in [-0.2, 0) is 46.9 Å². The van der Waals surface area contributed by atoms with Crippen molar-refractivity contribution in [3.8, 4) is 11.1 Å². The van der Waals surface area contributed by atoms with Crippen molar-refractivity contribution in [3.63, 3.8) is 0 Å². The van der Waals surface area contributed by atoms with Crippen LogP contribution in [0.4, 0.5) is 0 Å². The Bertz CT molecular complexity index is 1710. The molecule has 0 saturated carbocycles. The van der Waals surface area contributed by atoms with Crippen LogP contribution in [0.5, 0.6) is 0 Å². The number of rotatable bonds is 2. The summed E-state index contributed by atoms with van der Waals surface area (Å²) >= 11 is 1.46. The Hall–Kier alpha value is -2.44. The summed E-state index contributed by atoms with van der Waals surface area (Å²) in [4.78, 5) is 0. The summed E-state index contributed by atoms with van der Waals surface area (Å²) in [6.45, 7) is 26.7. The van der Waals surface area contributed by atoms with E-state index in [0.29, 0.717) is 5.41 Å². The smallest absolute Gasteiger partial charge is 1.00 e.